The highest BCUT2D eigenvalue weighted by Gasteiger charge is 2.30. The van der Waals surface area contributed by atoms with Crippen molar-refractivity contribution in [2.24, 2.45) is 5.92 Å². The Morgan fingerprint density at radius 2 is 2.00 bits per heavy atom. The molecule has 1 aliphatic carbocycles. The number of carboxylic acid groups (broad SMARTS) is 1. The Hall–Kier alpha value is -1.98. The Kier molecular flexibility index (Phi) is 4.88. The molecule has 0 spiro atoms. The van der Waals surface area contributed by atoms with E-state index in [2.05, 4.69) is 5.32 Å². The summed E-state index contributed by atoms with van der Waals surface area (Å²) in [4.78, 5) is 22.6. The van der Waals surface area contributed by atoms with Gasteiger partial charge in [-0.2, -0.15) is 0 Å². The number of rotatable bonds is 5. The van der Waals surface area contributed by atoms with Gasteiger partial charge in [0, 0.05) is 12.5 Å². The second kappa shape index (κ2) is 6.65. The lowest BCUT2D eigenvalue weighted by Gasteiger charge is -2.12. The highest BCUT2D eigenvalue weighted by Crippen LogP contribution is 2.25. The second-order valence-electron chi connectivity index (χ2n) is 5.36. The molecular weight excluding hydrogens is 280 g/mol. The van der Waals surface area contributed by atoms with Crippen molar-refractivity contribution in [3.05, 3.63) is 35.4 Å². The first kappa shape index (κ1) is 15.4. The minimum atomic E-state index is -0.923. The third-order valence-corrected chi connectivity index (χ3v) is 3.77. The lowest BCUT2D eigenvalue weighted by atomic mass is 10.1. The van der Waals surface area contributed by atoms with E-state index in [9.17, 15) is 18.4 Å². The van der Waals surface area contributed by atoms with Crippen LogP contribution in [0.3, 0.4) is 0 Å². The van der Waals surface area contributed by atoms with Crippen molar-refractivity contribution in [3.8, 4) is 0 Å². The number of carbonyl (C=O) groups excluding carboxylic acids is 1. The number of aryl methyl sites for hydroxylation is 1. The molecule has 1 amide bonds. The highest BCUT2D eigenvalue weighted by atomic mass is 19.2. The van der Waals surface area contributed by atoms with Gasteiger partial charge in [0.25, 0.3) is 0 Å². The monoisotopic (exact) mass is 297 g/mol. The van der Waals surface area contributed by atoms with Crippen molar-refractivity contribution < 1.29 is 23.5 Å². The van der Waals surface area contributed by atoms with Crippen molar-refractivity contribution in [3.63, 3.8) is 0 Å². The summed E-state index contributed by atoms with van der Waals surface area (Å²) in [6.45, 7) is 0. The van der Waals surface area contributed by atoms with Gasteiger partial charge in [-0.05, 0) is 43.4 Å². The molecular formula is C15H17F2NO3. The number of aliphatic carboxylic acids is 1. The van der Waals surface area contributed by atoms with Crippen LogP contribution in [-0.2, 0) is 16.0 Å². The van der Waals surface area contributed by atoms with E-state index in [1.807, 2.05) is 0 Å². The minimum Gasteiger partial charge on any atom is -0.481 e. The third kappa shape index (κ3) is 4.24. The summed E-state index contributed by atoms with van der Waals surface area (Å²) in [5.41, 5.74) is 0.555. The van der Waals surface area contributed by atoms with Crippen molar-refractivity contribution >= 4 is 11.9 Å². The molecule has 0 aromatic heterocycles. The number of benzene rings is 1. The van der Waals surface area contributed by atoms with E-state index in [4.69, 9.17) is 5.11 Å². The molecule has 2 rings (SSSR count). The van der Waals surface area contributed by atoms with E-state index in [0.29, 0.717) is 31.2 Å². The van der Waals surface area contributed by atoms with Crippen molar-refractivity contribution in [1.82, 2.24) is 5.32 Å². The first-order valence-electron chi connectivity index (χ1n) is 6.92. The van der Waals surface area contributed by atoms with E-state index < -0.39 is 17.6 Å². The Balaban J connectivity index is 1.77. The van der Waals surface area contributed by atoms with Crippen LogP contribution in [0.15, 0.2) is 18.2 Å². The van der Waals surface area contributed by atoms with Gasteiger partial charge >= 0.3 is 5.97 Å². The molecule has 0 aliphatic heterocycles. The third-order valence-electron chi connectivity index (χ3n) is 3.77. The fourth-order valence-corrected chi connectivity index (χ4v) is 2.59. The number of hydrogen-bond acceptors (Lipinski definition) is 2. The van der Waals surface area contributed by atoms with E-state index >= 15 is 0 Å². The summed E-state index contributed by atoms with van der Waals surface area (Å²) in [5, 5.41) is 11.7. The number of halogens is 2. The number of carboxylic acids is 1. The van der Waals surface area contributed by atoms with Crippen molar-refractivity contribution in [2.45, 2.75) is 38.1 Å². The SMILES string of the molecule is O=C(CCc1ccc(F)c(F)c1)NC1CCC(C(=O)O)C1. The molecule has 2 atom stereocenters. The van der Waals surface area contributed by atoms with Crippen LogP contribution in [0.5, 0.6) is 0 Å². The molecule has 1 fully saturated rings. The molecule has 114 valence electrons. The number of nitrogens with one attached hydrogen (secondary N) is 1. The topological polar surface area (TPSA) is 66.4 Å². The summed E-state index contributed by atoms with van der Waals surface area (Å²) in [6.07, 6.45) is 2.17. The summed E-state index contributed by atoms with van der Waals surface area (Å²) < 4.78 is 25.8. The highest BCUT2D eigenvalue weighted by molar-refractivity contribution is 5.77. The molecule has 0 saturated heterocycles. The Bertz CT molecular complexity index is 548. The first-order chi connectivity index (χ1) is 9.95. The molecule has 4 nitrogen and oxygen atoms in total. The fourth-order valence-electron chi connectivity index (χ4n) is 2.59. The summed E-state index contributed by atoms with van der Waals surface area (Å²) >= 11 is 0. The lowest BCUT2D eigenvalue weighted by molar-refractivity contribution is -0.141. The van der Waals surface area contributed by atoms with Gasteiger partial charge < -0.3 is 10.4 Å². The molecule has 0 heterocycles. The standard InChI is InChI=1S/C15H17F2NO3/c16-12-5-1-9(7-13(12)17)2-6-14(19)18-11-4-3-10(8-11)15(20)21/h1,5,7,10-11H,2-4,6,8H2,(H,18,19)(H,20,21). The molecule has 6 heteroatoms. The zero-order valence-electron chi connectivity index (χ0n) is 11.4. The van der Waals surface area contributed by atoms with Crippen LogP contribution in [0, 0.1) is 17.6 Å². The Morgan fingerprint density at radius 3 is 2.62 bits per heavy atom. The van der Waals surface area contributed by atoms with Crippen LogP contribution >= 0.6 is 0 Å². The van der Waals surface area contributed by atoms with Gasteiger partial charge in [0.05, 0.1) is 5.92 Å². The molecule has 0 bridgehead atoms. The van der Waals surface area contributed by atoms with Crippen LogP contribution in [0.25, 0.3) is 0 Å². The number of hydrogen-bond donors (Lipinski definition) is 2. The van der Waals surface area contributed by atoms with Crippen LogP contribution in [0.2, 0.25) is 0 Å². The Morgan fingerprint density at radius 1 is 1.24 bits per heavy atom. The molecule has 2 N–H and O–H groups in total. The maximum absolute atomic E-state index is 13.0. The van der Waals surface area contributed by atoms with Crippen molar-refractivity contribution in [1.29, 1.82) is 0 Å². The average molecular weight is 297 g/mol. The second-order valence-corrected chi connectivity index (χ2v) is 5.36. The van der Waals surface area contributed by atoms with E-state index in [1.165, 1.54) is 6.07 Å². The van der Waals surface area contributed by atoms with E-state index in [1.54, 1.807) is 0 Å². The number of carbonyl (C=O) groups is 2. The molecule has 1 aromatic rings. The Labute approximate surface area is 121 Å². The molecule has 1 aliphatic rings. The van der Waals surface area contributed by atoms with E-state index in [0.717, 1.165) is 12.1 Å². The first-order valence-corrected chi connectivity index (χ1v) is 6.92. The predicted octanol–water partition coefficient (Wildman–Crippen LogP) is 2.27. The molecule has 21 heavy (non-hydrogen) atoms. The molecule has 2 unspecified atom stereocenters. The van der Waals surface area contributed by atoms with Gasteiger partial charge in [-0.25, -0.2) is 8.78 Å². The van der Waals surface area contributed by atoms with Gasteiger partial charge in [-0.3, -0.25) is 9.59 Å². The van der Waals surface area contributed by atoms with Gasteiger partial charge in [-0.1, -0.05) is 6.07 Å². The number of amides is 1. The summed E-state index contributed by atoms with van der Waals surface area (Å²) in [5.74, 6) is -3.24. The largest absolute Gasteiger partial charge is 0.481 e. The van der Waals surface area contributed by atoms with Crippen molar-refractivity contribution in [2.75, 3.05) is 0 Å². The van der Waals surface area contributed by atoms with Crippen LogP contribution in [0.4, 0.5) is 8.78 Å². The van der Waals surface area contributed by atoms with Gasteiger partial charge in [0.1, 0.15) is 0 Å². The smallest absolute Gasteiger partial charge is 0.306 e. The van der Waals surface area contributed by atoms with E-state index in [-0.39, 0.29) is 24.3 Å². The molecule has 1 aromatic carbocycles. The maximum atomic E-state index is 13.0. The zero-order chi connectivity index (χ0) is 15.4. The van der Waals surface area contributed by atoms with Crippen LogP contribution in [0.1, 0.15) is 31.2 Å². The van der Waals surface area contributed by atoms with Gasteiger partial charge in [-0.15, -0.1) is 0 Å². The molecule has 0 radical (unpaired) electrons. The average Bonchev–Trinajstić information content (AvgIpc) is 2.89. The summed E-state index contributed by atoms with van der Waals surface area (Å²) in [6, 6.07) is 3.46. The predicted molar refractivity (Wildman–Crippen MR) is 71.6 cm³/mol. The fraction of sp³-hybridized carbons (Fsp3) is 0.467. The quantitative estimate of drug-likeness (QED) is 0.876. The zero-order valence-corrected chi connectivity index (χ0v) is 11.4. The van der Waals surface area contributed by atoms with Crippen LogP contribution < -0.4 is 5.32 Å². The van der Waals surface area contributed by atoms with Gasteiger partial charge in [0.15, 0.2) is 11.6 Å². The minimum absolute atomic E-state index is 0.108. The van der Waals surface area contributed by atoms with Crippen LogP contribution in [-0.4, -0.2) is 23.0 Å². The maximum Gasteiger partial charge on any atom is 0.306 e. The lowest BCUT2D eigenvalue weighted by Crippen LogP contribution is -2.33. The normalized spacial score (nSPS) is 21.2. The van der Waals surface area contributed by atoms with Gasteiger partial charge in [0.2, 0.25) is 5.91 Å². The summed E-state index contributed by atoms with van der Waals surface area (Å²) in [7, 11) is 0. The molecule has 1 saturated carbocycles.